The van der Waals surface area contributed by atoms with E-state index < -0.39 is 0 Å². The molecule has 2 aromatic heterocycles. The van der Waals surface area contributed by atoms with Crippen molar-refractivity contribution in [2.75, 3.05) is 12.5 Å². The Kier molecular flexibility index (Phi) is 4.62. The minimum absolute atomic E-state index is 0.0734. The van der Waals surface area contributed by atoms with Gasteiger partial charge in [-0.05, 0) is 58.8 Å². The minimum Gasteiger partial charge on any atom is -0.504 e. The minimum atomic E-state index is 0.0734. The summed E-state index contributed by atoms with van der Waals surface area (Å²) in [6.07, 6.45) is 3.13. The molecule has 3 rings (SSSR count). The number of fused-ring (bicyclic) bond motifs is 1. The predicted octanol–water partition coefficient (Wildman–Crippen LogP) is 3.76. The van der Waals surface area contributed by atoms with Crippen LogP contribution in [0.25, 0.3) is 10.2 Å². The van der Waals surface area contributed by atoms with Crippen LogP contribution in [0.1, 0.15) is 11.1 Å². The first-order chi connectivity index (χ1) is 11.1. The molecule has 0 aliphatic carbocycles. The van der Waals surface area contributed by atoms with Gasteiger partial charge in [0, 0.05) is 0 Å². The standard InChI is InChI=1S/C15H13IN4O2S/c1-8-12-13(23-14(8)16)15(18-7-17-12)20-19-6-9-3-4-11(22-2)10(21)5-9/h3-7,21H,1-2H3,(H,17,18,20)/b19-6+. The maximum Gasteiger partial charge on any atom is 0.167 e. The Morgan fingerprint density at radius 3 is 2.96 bits per heavy atom. The number of phenolic OH excluding ortho intramolecular Hbond substituents is 1. The number of rotatable bonds is 4. The van der Waals surface area contributed by atoms with Crippen LogP contribution < -0.4 is 10.2 Å². The molecule has 1 aromatic carbocycles. The summed E-state index contributed by atoms with van der Waals surface area (Å²) in [5, 5.41) is 13.9. The van der Waals surface area contributed by atoms with E-state index in [0.717, 1.165) is 21.3 Å². The summed E-state index contributed by atoms with van der Waals surface area (Å²) in [7, 11) is 1.51. The van der Waals surface area contributed by atoms with Gasteiger partial charge in [-0.15, -0.1) is 11.3 Å². The third-order valence-electron chi connectivity index (χ3n) is 3.23. The maximum absolute atomic E-state index is 9.76. The number of aryl methyl sites for hydroxylation is 1. The van der Waals surface area contributed by atoms with Crippen LogP contribution >= 0.6 is 33.9 Å². The van der Waals surface area contributed by atoms with Crippen LogP contribution in [0.4, 0.5) is 5.82 Å². The van der Waals surface area contributed by atoms with Gasteiger partial charge in [-0.1, -0.05) is 0 Å². The van der Waals surface area contributed by atoms with Crippen molar-refractivity contribution < 1.29 is 9.84 Å². The van der Waals surface area contributed by atoms with Crippen molar-refractivity contribution >= 4 is 56.2 Å². The summed E-state index contributed by atoms with van der Waals surface area (Å²) in [5.74, 6) is 1.17. The molecule has 0 fully saturated rings. The van der Waals surface area contributed by atoms with E-state index in [4.69, 9.17) is 4.74 Å². The van der Waals surface area contributed by atoms with E-state index in [-0.39, 0.29) is 5.75 Å². The van der Waals surface area contributed by atoms with E-state index in [9.17, 15) is 5.11 Å². The number of hydrogen-bond acceptors (Lipinski definition) is 7. The molecule has 0 atom stereocenters. The summed E-state index contributed by atoms with van der Waals surface area (Å²) in [5.41, 5.74) is 5.78. The molecule has 8 heteroatoms. The van der Waals surface area contributed by atoms with Crippen molar-refractivity contribution in [2.45, 2.75) is 6.92 Å². The predicted molar refractivity (Wildman–Crippen MR) is 101 cm³/mol. The largest absolute Gasteiger partial charge is 0.504 e. The highest BCUT2D eigenvalue weighted by molar-refractivity contribution is 14.1. The number of nitrogens with zero attached hydrogens (tertiary/aromatic N) is 3. The highest BCUT2D eigenvalue weighted by atomic mass is 127. The van der Waals surface area contributed by atoms with Gasteiger partial charge in [-0.25, -0.2) is 9.97 Å². The van der Waals surface area contributed by atoms with Gasteiger partial charge < -0.3 is 9.84 Å². The van der Waals surface area contributed by atoms with Gasteiger partial charge in [0.1, 0.15) is 6.33 Å². The lowest BCUT2D eigenvalue weighted by molar-refractivity contribution is 0.373. The monoisotopic (exact) mass is 440 g/mol. The Morgan fingerprint density at radius 1 is 1.39 bits per heavy atom. The number of methoxy groups -OCH3 is 1. The molecule has 0 bridgehead atoms. The first-order valence-electron chi connectivity index (χ1n) is 6.66. The van der Waals surface area contributed by atoms with E-state index >= 15 is 0 Å². The van der Waals surface area contributed by atoms with Crippen LogP contribution in [0.3, 0.4) is 0 Å². The van der Waals surface area contributed by atoms with Gasteiger partial charge in [0.25, 0.3) is 0 Å². The fourth-order valence-electron chi connectivity index (χ4n) is 2.03. The van der Waals surface area contributed by atoms with Crippen molar-refractivity contribution in [1.82, 2.24) is 9.97 Å². The number of benzene rings is 1. The van der Waals surface area contributed by atoms with Gasteiger partial charge in [0.2, 0.25) is 0 Å². The molecule has 0 saturated heterocycles. The van der Waals surface area contributed by atoms with Crippen LogP contribution in [-0.4, -0.2) is 28.4 Å². The molecule has 0 radical (unpaired) electrons. The molecule has 0 amide bonds. The summed E-state index contributed by atoms with van der Waals surface area (Å²) in [6, 6.07) is 5.07. The van der Waals surface area contributed by atoms with E-state index in [1.165, 1.54) is 16.3 Å². The molecule has 0 unspecified atom stereocenters. The van der Waals surface area contributed by atoms with Crippen molar-refractivity contribution in [1.29, 1.82) is 0 Å². The number of halogens is 1. The zero-order valence-corrected chi connectivity index (χ0v) is 15.3. The lowest BCUT2D eigenvalue weighted by Crippen LogP contribution is -1.95. The molecular formula is C15H13IN4O2S. The highest BCUT2D eigenvalue weighted by Gasteiger charge is 2.11. The third kappa shape index (κ3) is 3.22. The van der Waals surface area contributed by atoms with E-state index in [1.807, 2.05) is 6.92 Å². The molecule has 3 aromatic rings. The number of hydrazone groups is 1. The highest BCUT2D eigenvalue weighted by Crippen LogP contribution is 2.34. The number of thiophene rings is 1. The second kappa shape index (κ2) is 6.67. The zero-order chi connectivity index (χ0) is 16.4. The lowest BCUT2D eigenvalue weighted by atomic mass is 10.2. The Labute approximate surface area is 150 Å². The molecule has 2 N–H and O–H groups in total. The zero-order valence-electron chi connectivity index (χ0n) is 12.4. The van der Waals surface area contributed by atoms with Gasteiger partial charge in [0.05, 0.1) is 26.4 Å². The molecular weight excluding hydrogens is 427 g/mol. The smallest absolute Gasteiger partial charge is 0.167 e. The molecule has 6 nitrogen and oxygen atoms in total. The van der Waals surface area contributed by atoms with Crippen molar-refractivity contribution in [3.8, 4) is 11.5 Å². The van der Waals surface area contributed by atoms with Crippen LogP contribution in [0.15, 0.2) is 29.6 Å². The molecule has 0 saturated carbocycles. The Balaban J connectivity index is 1.83. The number of phenols is 1. The average Bonchev–Trinajstić information content (AvgIpc) is 2.84. The summed E-state index contributed by atoms with van der Waals surface area (Å²) >= 11 is 3.92. The van der Waals surface area contributed by atoms with Gasteiger partial charge in [-0.3, -0.25) is 5.43 Å². The molecule has 0 aliphatic heterocycles. The summed E-state index contributed by atoms with van der Waals surface area (Å²) in [6.45, 7) is 2.04. The number of aromatic nitrogens is 2. The molecule has 0 aliphatic rings. The maximum atomic E-state index is 9.76. The fourth-order valence-corrected chi connectivity index (χ4v) is 3.87. The van der Waals surface area contributed by atoms with Crippen LogP contribution in [-0.2, 0) is 0 Å². The average molecular weight is 440 g/mol. The summed E-state index contributed by atoms with van der Waals surface area (Å²) in [4.78, 5) is 8.55. The topological polar surface area (TPSA) is 79.6 Å². The quantitative estimate of drug-likeness (QED) is 0.367. The Hall–Kier alpha value is -1.94. The van der Waals surface area contributed by atoms with Crippen molar-refractivity contribution in [3.63, 3.8) is 0 Å². The normalized spacial score (nSPS) is 11.3. The van der Waals surface area contributed by atoms with Crippen LogP contribution in [0, 0.1) is 9.81 Å². The van der Waals surface area contributed by atoms with Gasteiger partial charge >= 0.3 is 0 Å². The molecule has 118 valence electrons. The number of anilines is 1. The van der Waals surface area contributed by atoms with Crippen molar-refractivity contribution in [3.05, 3.63) is 38.5 Å². The first-order valence-corrected chi connectivity index (χ1v) is 8.55. The van der Waals surface area contributed by atoms with Gasteiger partial charge in [0.15, 0.2) is 17.3 Å². The van der Waals surface area contributed by atoms with Crippen LogP contribution in [0.5, 0.6) is 11.5 Å². The molecule has 2 heterocycles. The summed E-state index contributed by atoms with van der Waals surface area (Å²) < 4.78 is 7.17. The van der Waals surface area contributed by atoms with Gasteiger partial charge in [-0.2, -0.15) is 5.10 Å². The second-order valence-electron chi connectivity index (χ2n) is 4.70. The molecule has 23 heavy (non-hydrogen) atoms. The van der Waals surface area contributed by atoms with Crippen molar-refractivity contribution in [2.24, 2.45) is 5.10 Å². The van der Waals surface area contributed by atoms with E-state index in [2.05, 4.69) is 43.1 Å². The fraction of sp³-hybridized carbons (Fsp3) is 0.133. The Bertz CT molecular complexity index is 895. The third-order valence-corrected chi connectivity index (χ3v) is 5.78. The van der Waals surface area contributed by atoms with Crippen LogP contribution in [0.2, 0.25) is 0 Å². The SMILES string of the molecule is COc1ccc(/C=N/Nc2ncnc3c(C)c(I)sc23)cc1O. The number of nitrogens with one attached hydrogen (secondary N) is 1. The number of ether oxygens (including phenoxy) is 1. The second-order valence-corrected chi connectivity index (χ2v) is 7.53. The number of aromatic hydroxyl groups is 1. The lowest BCUT2D eigenvalue weighted by Gasteiger charge is -2.03. The van der Waals surface area contributed by atoms with E-state index in [1.54, 1.807) is 35.8 Å². The van der Waals surface area contributed by atoms with E-state index in [0.29, 0.717) is 11.6 Å². The first kappa shape index (κ1) is 15.9. The number of hydrogen-bond donors (Lipinski definition) is 2. The Morgan fingerprint density at radius 2 is 2.22 bits per heavy atom. The molecule has 0 spiro atoms.